The first-order valence-corrected chi connectivity index (χ1v) is 6.86. The number of fused-ring (bicyclic) bond motifs is 1. The van der Waals surface area contributed by atoms with E-state index in [1.54, 1.807) is 24.3 Å². The van der Waals surface area contributed by atoms with Crippen LogP contribution in [0.25, 0.3) is 0 Å². The maximum Gasteiger partial charge on any atom is 0.167 e. The van der Waals surface area contributed by atoms with E-state index in [1.807, 2.05) is 12.1 Å². The molecule has 0 unspecified atom stereocenters. The third kappa shape index (κ3) is 2.58. The van der Waals surface area contributed by atoms with Crippen LogP contribution in [0, 0.1) is 0 Å². The van der Waals surface area contributed by atoms with Gasteiger partial charge in [0.15, 0.2) is 5.78 Å². The Morgan fingerprint density at radius 1 is 1.15 bits per heavy atom. The standard InChI is InChI=1S/C17H17NO2/c19-14-6-4-12(5-7-14)10-17(20)16-3-1-2-13-11-18-9-8-15(13)16/h1-7,18-19H,8-11H2. The van der Waals surface area contributed by atoms with Crippen molar-refractivity contribution in [2.45, 2.75) is 19.4 Å². The van der Waals surface area contributed by atoms with E-state index in [-0.39, 0.29) is 11.5 Å². The largest absolute Gasteiger partial charge is 0.508 e. The summed E-state index contributed by atoms with van der Waals surface area (Å²) in [7, 11) is 0. The van der Waals surface area contributed by atoms with Gasteiger partial charge in [0.25, 0.3) is 0 Å². The molecule has 0 saturated carbocycles. The first-order chi connectivity index (χ1) is 9.74. The minimum absolute atomic E-state index is 0.148. The molecule has 0 spiro atoms. The van der Waals surface area contributed by atoms with Crippen LogP contribution in [-0.4, -0.2) is 17.4 Å². The fraction of sp³-hybridized carbons (Fsp3) is 0.235. The van der Waals surface area contributed by atoms with Crippen LogP contribution in [0.5, 0.6) is 5.75 Å². The molecule has 1 aliphatic rings. The van der Waals surface area contributed by atoms with E-state index in [4.69, 9.17) is 0 Å². The molecule has 0 radical (unpaired) electrons. The molecule has 2 aromatic rings. The molecular formula is C17H17NO2. The van der Waals surface area contributed by atoms with Gasteiger partial charge in [0.05, 0.1) is 0 Å². The Hall–Kier alpha value is -2.13. The molecule has 1 aliphatic heterocycles. The van der Waals surface area contributed by atoms with E-state index >= 15 is 0 Å². The van der Waals surface area contributed by atoms with E-state index in [9.17, 15) is 9.90 Å². The molecule has 0 saturated heterocycles. The minimum Gasteiger partial charge on any atom is -0.508 e. The molecule has 2 N–H and O–H groups in total. The molecule has 0 aliphatic carbocycles. The molecule has 3 nitrogen and oxygen atoms in total. The lowest BCUT2D eigenvalue weighted by Crippen LogP contribution is -2.25. The highest BCUT2D eigenvalue weighted by Gasteiger charge is 2.17. The zero-order valence-electron chi connectivity index (χ0n) is 11.2. The highest BCUT2D eigenvalue weighted by Crippen LogP contribution is 2.21. The number of nitrogens with one attached hydrogen (secondary N) is 1. The molecule has 3 rings (SSSR count). The maximum absolute atomic E-state index is 12.5. The van der Waals surface area contributed by atoms with Crippen molar-refractivity contribution in [3.63, 3.8) is 0 Å². The van der Waals surface area contributed by atoms with Crippen molar-refractivity contribution >= 4 is 5.78 Å². The lowest BCUT2D eigenvalue weighted by atomic mass is 9.91. The highest BCUT2D eigenvalue weighted by molar-refractivity contribution is 5.99. The number of benzene rings is 2. The van der Waals surface area contributed by atoms with Crippen LogP contribution in [0.15, 0.2) is 42.5 Å². The Labute approximate surface area is 118 Å². The first kappa shape index (κ1) is 12.9. The van der Waals surface area contributed by atoms with Gasteiger partial charge in [-0.3, -0.25) is 4.79 Å². The van der Waals surface area contributed by atoms with Gasteiger partial charge in [-0.15, -0.1) is 0 Å². The van der Waals surface area contributed by atoms with Gasteiger partial charge in [0, 0.05) is 18.5 Å². The van der Waals surface area contributed by atoms with Crippen LogP contribution < -0.4 is 5.32 Å². The molecule has 3 heteroatoms. The molecule has 20 heavy (non-hydrogen) atoms. The molecule has 102 valence electrons. The summed E-state index contributed by atoms with van der Waals surface area (Å²) in [5, 5.41) is 12.6. The summed E-state index contributed by atoms with van der Waals surface area (Å²) in [5.41, 5.74) is 4.19. The highest BCUT2D eigenvalue weighted by atomic mass is 16.3. The van der Waals surface area contributed by atoms with Crippen molar-refractivity contribution in [1.82, 2.24) is 5.32 Å². The second-order valence-corrected chi connectivity index (χ2v) is 5.14. The molecule has 2 aromatic carbocycles. The van der Waals surface area contributed by atoms with Crippen LogP contribution in [0.1, 0.15) is 27.0 Å². The zero-order chi connectivity index (χ0) is 13.9. The fourth-order valence-electron chi connectivity index (χ4n) is 2.69. The van der Waals surface area contributed by atoms with Crippen LogP contribution in [0.2, 0.25) is 0 Å². The summed E-state index contributed by atoms with van der Waals surface area (Å²) in [6.07, 6.45) is 1.29. The fourth-order valence-corrected chi connectivity index (χ4v) is 2.69. The second kappa shape index (κ2) is 5.47. The van der Waals surface area contributed by atoms with E-state index in [2.05, 4.69) is 11.4 Å². The molecule has 1 heterocycles. The lowest BCUT2D eigenvalue weighted by molar-refractivity contribution is 0.0991. The zero-order valence-corrected chi connectivity index (χ0v) is 11.2. The van der Waals surface area contributed by atoms with Crippen molar-refractivity contribution in [2.24, 2.45) is 0 Å². The Bertz CT molecular complexity index is 632. The number of Topliss-reactive ketones (excluding diaryl/α,β-unsaturated/α-hetero) is 1. The summed E-state index contributed by atoms with van der Waals surface area (Å²) >= 11 is 0. The Balaban J connectivity index is 1.85. The number of aromatic hydroxyl groups is 1. The number of carbonyl (C=O) groups is 1. The number of ketones is 1. The van der Waals surface area contributed by atoms with Gasteiger partial charge in [-0.1, -0.05) is 30.3 Å². The number of phenolic OH excluding ortho intramolecular Hbond substituents is 1. The lowest BCUT2D eigenvalue weighted by Gasteiger charge is -2.19. The third-order valence-corrected chi connectivity index (χ3v) is 3.74. The predicted octanol–water partition coefficient (Wildman–Crippen LogP) is 2.46. The number of hydrogen-bond donors (Lipinski definition) is 2. The Morgan fingerprint density at radius 3 is 2.75 bits per heavy atom. The van der Waals surface area contributed by atoms with E-state index in [1.165, 1.54) is 11.1 Å². The average Bonchev–Trinajstić information content (AvgIpc) is 2.49. The third-order valence-electron chi connectivity index (χ3n) is 3.74. The van der Waals surface area contributed by atoms with Crippen LogP contribution in [-0.2, 0) is 19.4 Å². The van der Waals surface area contributed by atoms with Gasteiger partial charge in [-0.05, 0) is 41.8 Å². The summed E-state index contributed by atoms with van der Waals surface area (Å²) in [4.78, 5) is 12.5. The quantitative estimate of drug-likeness (QED) is 0.840. The smallest absolute Gasteiger partial charge is 0.167 e. The van der Waals surface area contributed by atoms with Crippen molar-refractivity contribution in [2.75, 3.05) is 6.54 Å². The topological polar surface area (TPSA) is 49.3 Å². The number of rotatable bonds is 3. The van der Waals surface area contributed by atoms with Crippen molar-refractivity contribution in [1.29, 1.82) is 0 Å². The van der Waals surface area contributed by atoms with E-state index in [0.717, 1.165) is 30.6 Å². The van der Waals surface area contributed by atoms with Crippen LogP contribution in [0.4, 0.5) is 0 Å². The first-order valence-electron chi connectivity index (χ1n) is 6.86. The molecule has 0 bridgehead atoms. The number of phenols is 1. The minimum atomic E-state index is 0.148. The summed E-state index contributed by atoms with van der Waals surface area (Å²) in [6, 6.07) is 12.8. The van der Waals surface area contributed by atoms with Gasteiger partial charge >= 0.3 is 0 Å². The molecule has 0 fully saturated rings. The van der Waals surface area contributed by atoms with Crippen molar-refractivity contribution < 1.29 is 9.90 Å². The number of carbonyl (C=O) groups excluding carboxylic acids is 1. The normalized spacial score (nSPS) is 13.8. The van der Waals surface area contributed by atoms with Gasteiger partial charge in [0.2, 0.25) is 0 Å². The van der Waals surface area contributed by atoms with Crippen molar-refractivity contribution in [3.8, 4) is 5.75 Å². The molecule has 0 atom stereocenters. The summed E-state index contributed by atoms with van der Waals surface area (Å²) < 4.78 is 0. The van der Waals surface area contributed by atoms with Gasteiger partial charge in [0.1, 0.15) is 5.75 Å². The maximum atomic E-state index is 12.5. The van der Waals surface area contributed by atoms with Crippen molar-refractivity contribution in [3.05, 3.63) is 64.7 Å². The van der Waals surface area contributed by atoms with Crippen LogP contribution in [0.3, 0.4) is 0 Å². The van der Waals surface area contributed by atoms with E-state index in [0.29, 0.717) is 6.42 Å². The summed E-state index contributed by atoms with van der Waals surface area (Å²) in [6.45, 7) is 1.77. The van der Waals surface area contributed by atoms with E-state index < -0.39 is 0 Å². The molecule has 0 aromatic heterocycles. The van der Waals surface area contributed by atoms with Crippen LogP contribution >= 0.6 is 0 Å². The van der Waals surface area contributed by atoms with Gasteiger partial charge in [-0.25, -0.2) is 0 Å². The second-order valence-electron chi connectivity index (χ2n) is 5.14. The SMILES string of the molecule is O=C(Cc1ccc(O)cc1)c1cccc2c1CCNC2. The Morgan fingerprint density at radius 2 is 1.95 bits per heavy atom. The monoisotopic (exact) mass is 267 g/mol. The molecule has 0 amide bonds. The average molecular weight is 267 g/mol. The van der Waals surface area contributed by atoms with Gasteiger partial charge in [-0.2, -0.15) is 0 Å². The number of hydrogen-bond acceptors (Lipinski definition) is 3. The Kier molecular flexibility index (Phi) is 3.52. The summed E-state index contributed by atoms with van der Waals surface area (Å²) in [5.74, 6) is 0.374. The van der Waals surface area contributed by atoms with Gasteiger partial charge < -0.3 is 10.4 Å². The predicted molar refractivity (Wildman–Crippen MR) is 78.0 cm³/mol. The molecular weight excluding hydrogens is 250 g/mol.